The first kappa shape index (κ1) is 10.6. The predicted molar refractivity (Wildman–Crippen MR) is 62.2 cm³/mol. The zero-order valence-electron chi connectivity index (χ0n) is 6.66. The van der Waals surface area contributed by atoms with Gasteiger partial charge in [-0.15, -0.1) is 0 Å². The summed E-state index contributed by atoms with van der Waals surface area (Å²) in [5.74, 6) is 0.591. The number of nitrogens with zero attached hydrogens (tertiary/aromatic N) is 3. The number of halogens is 2. The van der Waals surface area contributed by atoms with E-state index in [0.29, 0.717) is 11.4 Å². The van der Waals surface area contributed by atoms with Crippen molar-refractivity contribution in [3.8, 4) is 5.75 Å². The van der Waals surface area contributed by atoms with E-state index in [2.05, 4.69) is 48.5 Å². The fourth-order valence-corrected chi connectivity index (χ4v) is 1.90. The van der Waals surface area contributed by atoms with Crippen molar-refractivity contribution in [2.75, 3.05) is 7.11 Å². The summed E-state index contributed by atoms with van der Waals surface area (Å²) in [4.78, 5) is 2.73. The molecule has 0 aliphatic carbocycles. The summed E-state index contributed by atoms with van der Waals surface area (Å²) in [6.07, 6.45) is 0. The van der Waals surface area contributed by atoms with Crippen molar-refractivity contribution in [2.45, 2.75) is 0 Å². The minimum absolute atomic E-state index is 0.483. The molecule has 0 unspecified atom stereocenters. The zero-order valence-corrected chi connectivity index (χ0v) is 10.4. The van der Waals surface area contributed by atoms with Crippen LogP contribution in [0, 0.1) is 3.57 Å². The van der Waals surface area contributed by atoms with Crippen molar-refractivity contribution < 1.29 is 4.74 Å². The van der Waals surface area contributed by atoms with Gasteiger partial charge in [0, 0.05) is 9.38 Å². The van der Waals surface area contributed by atoms with Gasteiger partial charge in [-0.25, -0.2) is 0 Å². The normalized spacial score (nSPS) is 9.15. The summed E-state index contributed by atoms with van der Waals surface area (Å²) in [7, 11) is 1.54. The monoisotopic (exact) mass is 353 g/mol. The fraction of sp³-hybridized carbons (Fsp3) is 0.143. The molecular formula is C7H5BrIN3O. The summed E-state index contributed by atoms with van der Waals surface area (Å²) >= 11 is 5.39. The van der Waals surface area contributed by atoms with Crippen LogP contribution in [0.2, 0.25) is 0 Å². The molecule has 1 aromatic rings. The molecule has 0 amide bonds. The molecule has 0 heterocycles. The number of ether oxygens (including phenoxy) is 1. The maximum absolute atomic E-state index is 8.33. The first-order valence-electron chi connectivity index (χ1n) is 3.27. The fourth-order valence-electron chi connectivity index (χ4n) is 0.855. The molecule has 1 rings (SSSR count). The van der Waals surface area contributed by atoms with Crippen LogP contribution in [0.4, 0.5) is 5.69 Å². The van der Waals surface area contributed by atoms with Crippen LogP contribution in [-0.4, -0.2) is 7.11 Å². The smallest absolute Gasteiger partial charge is 0.142 e. The third-order valence-electron chi connectivity index (χ3n) is 1.38. The summed E-state index contributed by atoms with van der Waals surface area (Å²) < 4.78 is 6.74. The third-order valence-corrected chi connectivity index (χ3v) is 2.87. The van der Waals surface area contributed by atoms with Gasteiger partial charge in [-0.2, -0.15) is 0 Å². The largest absolute Gasteiger partial charge is 0.495 e. The highest BCUT2D eigenvalue weighted by Crippen LogP contribution is 2.38. The first-order chi connectivity index (χ1) is 6.20. The Morgan fingerprint density at radius 3 is 2.85 bits per heavy atom. The van der Waals surface area contributed by atoms with E-state index in [-0.39, 0.29) is 0 Å². The molecule has 0 saturated carbocycles. The molecule has 68 valence electrons. The lowest BCUT2D eigenvalue weighted by atomic mass is 10.3. The van der Waals surface area contributed by atoms with Gasteiger partial charge in [0.2, 0.25) is 0 Å². The Kier molecular flexibility index (Phi) is 3.83. The van der Waals surface area contributed by atoms with Gasteiger partial charge in [0.25, 0.3) is 0 Å². The highest BCUT2D eigenvalue weighted by atomic mass is 127. The average molecular weight is 354 g/mol. The van der Waals surface area contributed by atoms with Crippen LogP contribution >= 0.6 is 38.5 Å². The van der Waals surface area contributed by atoms with Gasteiger partial charge in [0.15, 0.2) is 0 Å². The van der Waals surface area contributed by atoms with Gasteiger partial charge >= 0.3 is 0 Å². The van der Waals surface area contributed by atoms with Gasteiger partial charge in [0.1, 0.15) is 5.75 Å². The predicted octanol–water partition coefficient (Wildman–Crippen LogP) is 4.00. The molecule has 0 radical (unpaired) electrons. The molecule has 6 heteroatoms. The summed E-state index contributed by atoms with van der Waals surface area (Å²) in [5, 5.41) is 3.54. The molecule has 0 saturated heterocycles. The standard InChI is InChI=1S/C7H5BrIN3O/c1-13-7-5(9)3-2-4(8)6(7)11-12-10/h2-3H,1H3. The van der Waals surface area contributed by atoms with Crippen LogP contribution in [0.25, 0.3) is 10.4 Å². The van der Waals surface area contributed by atoms with Gasteiger partial charge in [-0.05, 0) is 40.3 Å². The Morgan fingerprint density at radius 2 is 2.31 bits per heavy atom. The second kappa shape index (κ2) is 4.69. The minimum Gasteiger partial charge on any atom is -0.495 e. The molecule has 4 nitrogen and oxygen atoms in total. The number of hydrogen-bond acceptors (Lipinski definition) is 2. The zero-order chi connectivity index (χ0) is 9.84. The highest BCUT2D eigenvalue weighted by molar-refractivity contribution is 14.1. The van der Waals surface area contributed by atoms with Crippen LogP contribution in [0.15, 0.2) is 21.7 Å². The van der Waals surface area contributed by atoms with Crippen molar-refractivity contribution in [1.82, 2.24) is 0 Å². The Labute approximate surface area is 97.2 Å². The summed E-state index contributed by atoms with van der Waals surface area (Å²) in [6.45, 7) is 0. The van der Waals surface area contributed by atoms with Crippen molar-refractivity contribution >= 4 is 44.2 Å². The number of rotatable bonds is 2. The van der Waals surface area contributed by atoms with Crippen LogP contribution in [0.3, 0.4) is 0 Å². The van der Waals surface area contributed by atoms with Crippen LogP contribution < -0.4 is 4.74 Å². The van der Waals surface area contributed by atoms with E-state index < -0.39 is 0 Å². The van der Waals surface area contributed by atoms with Crippen molar-refractivity contribution in [3.05, 3.63) is 30.6 Å². The van der Waals surface area contributed by atoms with Crippen LogP contribution in [0.5, 0.6) is 5.75 Å². The quantitative estimate of drug-likeness (QED) is 0.343. The van der Waals surface area contributed by atoms with E-state index in [1.165, 1.54) is 0 Å². The van der Waals surface area contributed by atoms with Gasteiger partial charge in [-0.1, -0.05) is 21.0 Å². The van der Waals surface area contributed by atoms with Crippen molar-refractivity contribution in [1.29, 1.82) is 0 Å². The minimum atomic E-state index is 0.483. The molecule has 0 aromatic heterocycles. The SMILES string of the molecule is COc1c(I)ccc(Br)c1N=[N+]=[N-]. The molecule has 0 fully saturated rings. The molecule has 0 aliphatic heterocycles. The molecule has 1 aromatic carbocycles. The molecule has 0 spiro atoms. The van der Waals surface area contributed by atoms with E-state index in [9.17, 15) is 0 Å². The van der Waals surface area contributed by atoms with E-state index in [1.807, 2.05) is 12.1 Å². The first-order valence-corrected chi connectivity index (χ1v) is 5.15. The van der Waals surface area contributed by atoms with Crippen LogP contribution in [-0.2, 0) is 0 Å². The highest BCUT2D eigenvalue weighted by Gasteiger charge is 2.08. The Balaban J connectivity index is 3.42. The maximum atomic E-state index is 8.33. The molecule has 0 bridgehead atoms. The molecule has 0 atom stereocenters. The number of methoxy groups -OCH3 is 1. The van der Waals surface area contributed by atoms with E-state index in [1.54, 1.807) is 7.11 Å². The number of azide groups is 1. The Hall–Kier alpha value is -0.460. The average Bonchev–Trinajstić information content (AvgIpc) is 2.12. The molecule has 0 aliphatic rings. The van der Waals surface area contributed by atoms with E-state index >= 15 is 0 Å². The van der Waals surface area contributed by atoms with Crippen LogP contribution in [0.1, 0.15) is 0 Å². The lowest BCUT2D eigenvalue weighted by molar-refractivity contribution is 0.413. The van der Waals surface area contributed by atoms with Gasteiger partial charge < -0.3 is 4.74 Å². The number of benzene rings is 1. The maximum Gasteiger partial charge on any atom is 0.142 e. The Bertz CT molecular complexity index is 376. The van der Waals surface area contributed by atoms with Crippen molar-refractivity contribution in [2.24, 2.45) is 5.11 Å². The topological polar surface area (TPSA) is 58.0 Å². The summed E-state index contributed by atoms with van der Waals surface area (Å²) in [5.41, 5.74) is 8.82. The number of hydrogen-bond donors (Lipinski definition) is 0. The van der Waals surface area contributed by atoms with Gasteiger partial charge in [0.05, 0.1) is 16.4 Å². The molecular weight excluding hydrogens is 349 g/mol. The summed E-state index contributed by atoms with van der Waals surface area (Å²) in [6, 6.07) is 3.69. The lowest BCUT2D eigenvalue weighted by Gasteiger charge is -2.07. The lowest BCUT2D eigenvalue weighted by Crippen LogP contribution is -1.87. The molecule has 13 heavy (non-hydrogen) atoms. The second-order valence-electron chi connectivity index (χ2n) is 2.10. The van der Waals surface area contributed by atoms with Gasteiger partial charge in [-0.3, -0.25) is 0 Å². The second-order valence-corrected chi connectivity index (χ2v) is 4.12. The van der Waals surface area contributed by atoms with E-state index in [4.69, 9.17) is 10.3 Å². The van der Waals surface area contributed by atoms with E-state index in [0.717, 1.165) is 8.04 Å². The third kappa shape index (κ3) is 2.26. The Morgan fingerprint density at radius 1 is 1.62 bits per heavy atom. The van der Waals surface area contributed by atoms with Crippen molar-refractivity contribution in [3.63, 3.8) is 0 Å². The molecule has 0 N–H and O–H groups in total.